The van der Waals surface area contributed by atoms with Crippen molar-refractivity contribution in [3.8, 4) is 5.69 Å². The van der Waals surface area contributed by atoms with Crippen LogP contribution in [-0.4, -0.2) is 9.13 Å². The summed E-state index contributed by atoms with van der Waals surface area (Å²) in [7, 11) is 1.63. The van der Waals surface area contributed by atoms with E-state index in [1.165, 1.54) is 21.4 Å². The Morgan fingerprint density at radius 3 is 2.18 bits per heavy atom. The van der Waals surface area contributed by atoms with E-state index in [0.717, 1.165) is 11.1 Å². The van der Waals surface area contributed by atoms with Crippen LogP contribution in [0.2, 0.25) is 0 Å². The third-order valence-electron chi connectivity index (χ3n) is 2.62. The molecule has 0 N–H and O–H groups in total. The first-order valence-corrected chi connectivity index (χ1v) is 5.36. The highest BCUT2D eigenvalue weighted by Crippen LogP contribution is 2.10. The Morgan fingerprint density at radius 2 is 1.59 bits per heavy atom. The van der Waals surface area contributed by atoms with E-state index in [4.69, 9.17) is 0 Å². The summed E-state index contributed by atoms with van der Waals surface area (Å²) in [5.74, 6) is 0. The van der Waals surface area contributed by atoms with E-state index >= 15 is 0 Å². The molecule has 0 atom stereocenters. The first-order valence-electron chi connectivity index (χ1n) is 5.36. The molecule has 0 aliphatic carbocycles. The standard InChI is InChI=1S/C13H14N2O2/c1-9-6-10(2)8-11(7-9)15-12(16)4-5-14(3)13(15)17/h4-8H,1-3H3. The summed E-state index contributed by atoms with van der Waals surface area (Å²) in [6.07, 6.45) is 1.48. The molecule has 4 heteroatoms. The molecular formula is C13H14N2O2. The van der Waals surface area contributed by atoms with Crippen LogP contribution >= 0.6 is 0 Å². The molecule has 4 nitrogen and oxygen atoms in total. The Labute approximate surface area is 98.8 Å². The lowest BCUT2D eigenvalue weighted by atomic mass is 10.1. The van der Waals surface area contributed by atoms with E-state index in [9.17, 15) is 9.59 Å². The van der Waals surface area contributed by atoms with Gasteiger partial charge in [-0.1, -0.05) is 6.07 Å². The van der Waals surface area contributed by atoms with E-state index in [1.807, 2.05) is 32.0 Å². The zero-order chi connectivity index (χ0) is 12.6. The number of hydrogen-bond acceptors (Lipinski definition) is 2. The van der Waals surface area contributed by atoms with Crippen molar-refractivity contribution >= 4 is 0 Å². The molecule has 0 amide bonds. The van der Waals surface area contributed by atoms with Gasteiger partial charge in [-0.15, -0.1) is 0 Å². The zero-order valence-corrected chi connectivity index (χ0v) is 10.1. The molecule has 1 heterocycles. The van der Waals surface area contributed by atoms with Crippen LogP contribution in [0.3, 0.4) is 0 Å². The third kappa shape index (κ3) is 2.06. The van der Waals surface area contributed by atoms with E-state index < -0.39 is 0 Å². The van der Waals surface area contributed by atoms with Crippen LogP contribution in [0.1, 0.15) is 11.1 Å². The minimum absolute atomic E-state index is 0.307. The Balaban J connectivity index is 2.81. The fraction of sp³-hybridized carbons (Fsp3) is 0.231. The molecule has 0 saturated carbocycles. The number of rotatable bonds is 1. The largest absolute Gasteiger partial charge is 0.335 e. The van der Waals surface area contributed by atoms with Gasteiger partial charge in [-0.3, -0.25) is 4.79 Å². The van der Waals surface area contributed by atoms with Crippen molar-refractivity contribution in [2.24, 2.45) is 7.05 Å². The van der Waals surface area contributed by atoms with Crippen molar-refractivity contribution in [2.75, 3.05) is 0 Å². The minimum Gasteiger partial charge on any atom is -0.303 e. The maximum atomic E-state index is 11.9. The van der Waals surface area contributed by atoms with Crippen LogP contribution in [0.25, 0.3) is 5.69 Å². The highest BCUT2D eigenvalue weighted by molar-refractivity contribution is 5.39. The Bertz CT molecular complexity index is 660. The average Bonchev–Trinajstić information content (AvgIpc) is 2.23. The van der Waals surface area contributed by atoms with Gasteiger partial charge in [0.15, 0.2) is 0 Å². The first-order chi connectivity index (χ1) is 7.99. The summed E-state index contributed by atoms with van der Waals surface area (Å²) in [6.45, 7) is 3.88. The van der Waals surface area contributed by atoms with Crippen LogP contribution in [0.4, 0.5) is 0 Å². The highest BCUT2D eigenvalue weighted by atomic mass is 16.2. The van der Waals surface area contributed by atoms with Crippen LogP contribution < -0.4 is 11.2 Å². The van der Waals surface area contributed by atoms with Gasteiger partial charge in [0.2, 0.25) is 0 Å². The van der Waals surface area contributed by atoms with Gasteiger partial charge in [0.25, 0.3) is 5.56 Å². The van der Waals surface area contributed by atoms with Gasteiger partial charge in [-0.05, 0) is 37.1 Å². The van der Waals surface area contributed by atoms with Gasteiger partial charge in [-0.25, -0.2) is 9.36 Å². The fourth-order valence-corrected chi connectivity index (χ4v) is 1.88. The van der Waals surface area contributed by atoms with Crippen molar-refractivity contribution in [1.29, 1.82) is 0 Å². The molecule has 0 saturated heterocycles. The Kier molecular flexibility index (Phi) is 2.71. The average molecular weight is 230 g/mol. The van der Waals surface area contributed by atoms with Gasteiger partial charge < -0.3 is 4.57 Å². The van der Waals surface area contributed by atoms with Crippen molar-refractivity contribution in [1.82, 2.24) is 9.13 Å². The summed E-state index contributed by atoms with van der Waals surface area (Å²) < 4.78 is 2.57. The Hall–Kier alpha value is -2.10. The lowest BCUT2D eigenvalue weighted by Gasteiger charge is -2.08. The SMILES string of the molecule is Cc1cc(C)cc(-n2c(=O)ccn(C)c2=O)c1. The summed E-state index contributed by atoms with van der Waals surface area (Å²) in [5, 5.41) is 0. The molecule has 2 rings (SSSR count). The second-order valence-electron chi connectivity index (χ2n) is 4.23. The van der Waals surface area contributed by atoms with Crippen molar-refractivity contribution in [2.45, 2.75) is 13.8 Å². The Morgan fingerprint density at radius 1 is 1.00 bits per heavy atom. The predicted octanol–water partition coefficient (Wildman–Crippen LogP) is 1.15. The topological polar surface area (TPSA) is 44.0 Å². The lowest BCUT2D eigenvalue weighted by Crippen LogP contribution is -2.36. The monoisotopic (exact) mass is 230 g/mol. The third-order valence-corrected chi connectivity index (χ3v) is 2.62. The smallest absolute Gasteiger partial charge is 0.303 e. The molecule has 2 aromatic rings. The van der Waals surface area contributed by atoms with Crippen molar-refractivity contribution in [3.63, 3.8) is 0 Å². The highest BCUT2D eigenvalue weighted by Gasteiger charge is 2.06. The molecular weight excluding hydrogens is 216 g/mol. The molecule has 1 aromatic carbocycles. The maximum Gasteiger partial charge on any atom is 0.335 e. The summed E-state index contributed by atoms with van der Waals surface area (Å²) in [6, 6.07) is 7.05. The zero-order valence-electron chi connectivity index (χ0n) is 10.1. The number of hydrogen-bond donors (Lipinski definition) is 0. The van der Waals surface area contributed by atoms with E-state index in [2.05, 4.69) is 0 Å². The van der Waals surface area contributed by atoms with Crippen molar-refractivity contribution in [3.05, 3.63) is 62.4 Å². The number of benzene rings is 1. The van der Waals surface area contributed by atoms with Crippen LogP contribution in [0.15, 0.2) is 40.1 Å². The summed E-state index contributed by atoms with van der Waals surface area (Å²) >= 11 is 0. The quantitative estimate of drug-likeness (QED) is 0.737. The molecule has 0 radical (unpaired) electrons. The van der Waals surface area contributed by atoms with Gasteiger partial charge in [0, 0.05) is 19.3 Å². The van der Waals surface area contributed by atoms with Gasteiger partial charge in [0.05, 0.1) is 5.69 Å². The number of nitrogens with zero attached hydrogens (tertiary/aromatic N) is 2. The molecule has 0 bridgehead atoms. The molecule has 0 unspecified atom stereocenters. The lowest BCUT2D eigenvalue weighted by molar-refractivity contribution is 0.738. The second-order valence-corrected chi connectivity index (χ2v) is 4.23. The molecule has 0 aliphatic rings. The van der Waals surface area contributed by atoms with Gasteiger partial charge in [-0.2, -0.15) is 0 Å². The van der Waals surface area contributed by atoms with Crippen LogP contribution in [-0.2, 0) is 7.05 Å². The number of aryl methyl sites for hydroxylation is 3. The molecule has 0 spiro atoms. The molecule has 0 fully saturated rings. The molecule has 88 valence electrons. The molecule has 17 heavy (non-hydrogen) atoms. The van der Waals surface area contributed by atoms with Crippen molar-refractivity contribution < 1.29 is 0 Å². The molecule has 0 aliphatic heterocycles. The summed E-state index contributed by atoms with van der Waals surface area (Å²) in [4.78, 5) is 23.7. The first kappa shape index (κ1) is 11.4. The van der Waals surface area contributed by atoms with Crippen LogP contribution in [0.5, 0.6) is 0 Å². The molecule has 1 aromatic heterocycles. The van der Waals surface area contributed by atoms with Gasteiger partial charge >= 0.3 is 5.69 Å². The van der Waals surface area contributed by atoms with E-state index in [1.54, 1.807) is 7.05 Å². The summed E-state index contributed by atoms with van der Waals surface area (Å²) in [5.41, 5.74) is 2.03. The van der Waals surface area contributed by atoms with E-state index in [0.29, 0.717) is 5.69 Å². The normalized spacial score (nSPS) is 10.5. The number of aromatic nitrogens is 2. The second kappa shape index (κ2) is 4.05. The maximum absolute atomic E-state index is 11.9. The minimum atomic E-state index is -0.331. The fourth-order valence-electron chi connectivity index (χ4n) is 1.88. The predicted molar refractivity (Wildman–Crippen MR) is 66.8 cm³/mol. The van der Waals surface area contributed by atoms with Crippen LogP contribution in [0, 0.1) is 13.8 Å². The van der Waals surface area contributed by atoms with Gasteiger partial charge in [0.1, 0.15) is 0 Å². The van der Waals surface area contributed by atoms with E-state index in [-0.39, 0.29) is 11.2 Å².